The number of carbonyl (C=O) groups excluding carboxylic acids is 2. The smallest absolute Gasteiger partial charge is 0.309 e. The zero-order valence-electron chi connectivity index (χ0n) is 21.1. The molecule has 0 radical (unpaired) electrons. The molecule has 0 aromatic carbocycles. The van der Waals surface area contributed by atoms with Crippen LogP contribution in [0.3, 0.4) is 0 Å². The van der Waals surface area contributed by atoms with E-state index in [-0.39, 0.29) is 30.3 Å². The molecule has 0 aliphatic carbocycles. The number of rotatable bonds is 2. The Kier molecular flexibility index (Phi) is 8.71. The molecule has 2 unspecified atom stereocenters. The van der Waals surface area contributed by atoms with Crippen LogP contribution >= 0.6 is 11.3 Å². The molecule has 190 valence electrons. The van der Waals surface area contributed by atoms with Crippen molar-refractivity contribution in [2.75, 3.05) is 0 Å². The number of hydrogen-bond acceptors (Lipinski definition) is 8. The Balaban J connectivity index is 1.81. The molecular formula is C26H39NO6S. The number of nitrogens with zero attached hydrogens (tertiary/aromatic N) is 1. The normalized spacial score (nSPS) is 36.0. The van der Waals surface area contributed by atoms with Crippen LogP contribution in [0.25, 0.3) is 6.08 Å². The number of ketones is 1. The number of Topliss-reactive ketones (excluding diaryl/α,β-unsaturated/α-hetero) is 1. The molecule has 1 aromatic heterocycles. The first-order chi connectivity index (χ1) is 15.9. The van der Waals surface area contributed by atoms with E-state index < -0.39 is 35.6 Å². The van der Waals surface area contributed by atoms with Crippen LogP contribution in [0.2, 0.25) is 0 Å². The molecule has 8 heteroatoms. The third-order valence-electron chi connectivity index (χ3n) is 7.41. The molecule has 2 aliphatic rings. The Morgan fingerprint density at radius 2 is 1.91 bits per heavy atom. The van der Waals surface area contributed by atoms with E-state index in [1.807, 2.05) is 32.2 Å². The minimum absolute atomic E-state index is 0.00770. The molecule has 0 bridgehead atoms. The van der Waals surface area contributed by atoms with Gasteiger partial charge < -0.3 is 19.7 Å². The second kappa shape index (κ2) is 11.0. The third-order valence-corrected chi connectivity index (χ3v) is 8.20. The van der Waals surface area contributed by atoms with Crippen molar-refractivity contribution in [1.82, 2.24) is 4.98 Å². The van der Waals surface area contributed by atoms with E-state index in [1.54, 1.807) is 32.1 Å². The minimum atomic E-state index is -1.22. The molecule has 2 aliphatic heterocycles. The quantitative estimate of drug-likeness (QED) is 0.472. The second-order valence-corrected chi connectivity index (χ2v) is 11.7. The summed E-state index contributed by atoms with van der Waals surface area (Å²) in [6.07, 6.45) is 2.28. The number of carbonyl (C=O) groups is 2. The molecule has 7 atom stereocenters. The van der Waals surface area contributed by atoms with Crippen LogP contribution in [0, 0.1) is 24.2 Å². The lowest BCUT2D eigenvalue weighted by Gasteiger charge is -2.34. The predicted octanol–water partition coefficient (Wildman–Crippen LogP) is 4.09. The number of aromatic nitrogens is 1. The number of cyclic esters (lactones) is 1. The average molecular weight is 494 g/mol. The van der Waals surface area contributed by atoms with Crippen LogP contribution in [0.5, 0.6) is 0 Å². The van der Waals surface area contributed by atoms with E-state index in [0.717, 1.165) is 35.5 Å². The van der Waals surface area contributed by atoms with E-state index in [2.05, 4.69) is 4.98 Å². The van der Waals surface area contributed by atoms with Crippen molar-refractivity contribution in [3.63, 3.8) is 0 Å². The predicted molar refractivity (Wildman–Crippen MR) is 131 cm³/mol. The molecule has 2 fully saturated rings. The van der Waals surface area contributed by atoms with Crippen LogP contribution in [0.15, 0.2) is 11.0 Å². The molecule has 3 rings (SSSR count). The van der Waals surface area contributed by atoms with Crippen LogP contribution in [-0.4, -0.2) is 57.5 Å². The van der Waals surface area contributed by atoms with E-state index >= 15 is 0 Å². The standard InChI is InChI=1S/C26H39NO6S/c1-14-8-7-9-19-21(32-19)11-20(15(2)10-18-13-34-17(4)27-18)33-23(29)12-22(28)26(5,6)25(31)16(3)24(14)30/h10,13-14,16,19-22,24,28,30H,7-9,11-12H2,1-6H3/b15-10+/t14-,16+,19?,20?,21+,22-,24-/m0/s1. The van der Waals surface area contributed by atoms with E-state index in [4.69, 9.17) is 9.47 Å². The number of esters is 1. The Labute approximate surface area is 206 Å². The number of hydrogen-bond donors (Lipinski definition) is 2. The average Bonchev–Trinajstić information content (AvgIpc) is 3.38. The van der Waals surface area contributed by atoms with Crippen molar-refractivity contribution in [2.24, 2.45) is 17.3 Å². The lowest BCUT2D eigenvalue weighted by Crippen LogP contribution is -2.45. The maximum Gasteiger partial charge on any atom is 0.309 e. The van der Waals surface area contributed by atoms with Gasteiger partial charge in [0.1, 0.15) is 11.9 Å². The lowest BCUT2D eigenvalue weighted by molar-refractivity contribution is -0.154. The SMILES string of the molecule is C/C(=C\c1csc(C)n1)C1C[C@H]2OC2CCC[C@H](C)[C@H](O)[C@@H](C)C(=O)C(C)(C)[C@@H](O)CC(=O)O1. The fourth-order valence-electron chi connectivity index (χ4n) is 4.78. The van der Waals surface area contributed by atoms with Gasteiger partial charge in [-0.2, -0.15) is 0 Å². The lowest BCUT2D eigenvalue weighted by atomic mass is 9.73. The highest BCUT2D eigenvalue weighted by Gasteiger charge is 2.44. The first-order valence-corrected chi connectivity index (χ1v) is 13.1. The number of aliphatic hydroxyl groups excluding tert-OH is 2. The molecule has 7 nitrogen and oxygen atoms in total. The number of aliphatic hydroxyl groups is 2. The summed E-state index contributed by atoms with van der Waals surface area (Å²) in [5.41, 5.74) is 0.494. The van der Waals surface area contributed by atoms with Gasteiger partial charge in [0.05, 0.1) is 47.0 Å². The molecule has 2 N–H and O–H groups in total. The minimum Gasteiger partial charge on any atom is -0.458 e. The summed E-state index contributed by atoms with van der Waals surface area (Å²) in [6.45, 7) is 10.8. The number of aryl methyl sites for hydroxylation is 1. The third kappa shape index (κ3) is 6.53. The summed E-state index contributed by atoms with van der Waals surface area (Å²) in [7, 11) is 0. The topological polar surface area (TPSA) is 109 Å². The summed E-state index contributed by atoms with van der Waals surface area (Å²) in [5.74, 6) is -1.52. The van der Waals surface area contributed by atoms with Crippen LogP contribution in [-0.2, 0) is 19.1 Å². The Morgan fingerprint density at radius 3 is 2.56 bits per heavy atom. The van der Waals surface area contributed by atoms with Gasteiger partial charge in [0, 0.05) is 17.7 Å². The highest BCUT2D eigenvalue weighted by molar-refractivity contribution is 7.09. The number of epoxide rings is 1. The van der Waals surface area contributed by atoms with Gasteiger partial charge >= 0.3 is 5.97 Å². The molecule has 3 heterocycles. The Hall–Kier alpha value is -1.61. The zero-order valence-corrected chi connectivity index (χ0v) is 21.9. The van der Waals surface area contributed by atoms with E-state index in [9.17, 15) is 19.8 Å². The fraction of sp³-hybridized carbons (Fsp3) is 0.731. The van der Waals surface area contributed by atoms with Crippen molar-refractivity contribution in [2.45, 2.75) is 104 Å². The highest BCUT2D eigenvalue weighted by atomic mass is 32.1. The first-order valence-electron chi connectivity index (χ1n) is 12.3. The molecule has 0 saturated carbocycles. The number of fused-ring (bicyclic) bond motifs is 1. The Bertz CT molecular complexity index is 909. The number of thiazole rings is 1. The molecule has 1 aromatic rings. The Morgan fingerprint density at radius 1 is 1.21 bits per heavy atom. The fourth-order valence-corrected chi connectivity index (χ4v) is 5.35. The van der Waals surface area contributed by atoms with Crippen molar-refractivity contribution >= 4 is 29.2 Å². The second-order valence-electron chi connectivity index (χ2n) is 10.6. The summed E-state index contributed by atoms with van der Waals surface area (Å²) in [6, 6.07) is 0. The molecule has 0 amide bonds. The van der Waals surface area contributed by atoms with Gasteiger partial charge in [-0.1, -0.05) is 34.1 Å². The van der Waals surface area contributed by atoms with E-state index in [1.165, 1.54) is 0 Å². The van der Waals surface area contributed by atoms with Gasteiger partial charge in [-0.25, -0.2) is 4.98 Å². The van der Waals surface area contributed by atoms with Crippen LogP contribution < -0.4 is 0 Å². The largest absolute Gasteiger partial charge is 0.458 e. The van der Waals surface area contributed by atoms with Gasteiger partial charge in [0.25, 0.3) is 0 Å². The van der Waals surface area contributed by atoms with Crippen molar-refractivity contribution in [3.8, 4) is 0 Å². The van der Waals surface area contributed by atoms with Crippen LogP contribution in [0.1, 0.15) is 77.4 Å². The van der Waals surface area contributed by atoms with Gasteiger partial charge in [-0.3, -0.25) is 9.59 Å². The van der Waals surface area contributed by atoms with Gasteiger partial charge in [-0.15, -0.1) is 11.3 Å². The number of ether oxygens (including phenoxy) is 2. The van der Waals surface area contributed by atoms with Crippen molar-refractivity contribution in [1.29, 1.82) is 0 Å². The highest BCUT2D eigenvalue weighted by Crippen LogP contribution is 2.36. The maximum atomic E-state index is 13.2. The van der Waals surface area contributed by atoms with Gasteiger partial charge in [0.2, 0.25) is 0 Å². The van der Waals surface area contributed by atoms with E-state index in [0.29, 0.717) is 6.42 Å². The summed E-state index contributed by atoms with van der Waals surface area (Å²) < 4.78 is 11.7. The summed E-state index contributed by atoms with van der Waals surface area (Å²) in [5, 5.41) is 24.5. The molecule has 34 heavy (non-hydrogen) atoms. The first kappa shape index (κ1) is 27.0. The van der Waals surface area contributed by atoms with Crippen molar-refractivity contribution < 1.29 is 29.3 Å². The molecule has 2 saturated heterocycles. The van der Waals surface area contributed by atoms with Gasteiger partial charge in [0.15, 0.2) is 0 Å². The van der Waals surface area contributed by atoms with Gasteiger partial charge in [-0.05, 0) is 44.3 Å². The summed E-state index contributed by atoms with van der Waals surface area (Å²) in [4.78, 5) is 30.5. The van der Waals surface area contributed by atoms with Crippen molar-refractivity contribution in [3.05, 3.63) is 21.7 Å². The monoisotopic (exact) mass is 493 g/mol. The summed E-state index contributed by atoms with van der Waals surface area (Å²) >= 11 is 1.56. The zero-order chi connectivity index (χ0) is 25.2. The molecule has 0 spiro atoms. The molecular weight excluding hydrogens is 454 g/mol. The maximum absolute atomic E-state index is 13.2. The van der Waals surface area contributed by atoms with Crippen LogP contribution in [0.4, 0.5) is 0 Å².